The molecule has 4 nitrogen and oxygen atoms in total. The third kappa shape index (κ3) is 2.99. The highest BCUT2D eigenvalue weighted by Gasteiger charge is 2.12. The van der Waals surface area contributed by atoms with Crippen LogP contribution in [0.4, 0.5) is 0 Å². The molecule has 94 valence electrons. The van der Waals surface area contributed by atoms with Crippen molar-refractivity contribution >= 4 is 5.97 Å². The van der Waals surface area contributed by atoms with Gasteiger partial charge in [-0.3, -0.25) is 0 Å². The average molecular weight is 245 g/mol. The monoisotopic (exact) mass is 245 g/mol. The molecule has 0 atom stereocenters. The summed E-state index contributed by atoms with van der Waals surface area (Å²) in [5, 5.41) is 12.1. The number of rotatable bonds is 5. The lowest BCUT2D eigenvalue weighted by Gasteiger charge is -2.04. The average Bonchev–Trinajstić information content (AvgIpc) is 2.80. The van der Waals surface area contributed by atoms with Gasteiger partial charge in [0.1, 0.15) is 0 Å². The van der Waals surface area contributed by atoms with Gasteiger partial charge >= 0.3 is 5.97 Å². The predicted molar refractivity (Wildman–Crippen MR) is 67.4 cm³/mol. The fourth-order valence-corrected chi connectivity index (χ4v) is 1.71. The van der Waals surface area contributed by atoms with E-state index in [0.29, 0.717) is 18.7 Å². The van der Waals surface area contributed by atoms with Gasteiger partial charge in [0, 0.05) is 18.7 Å². The zero-order valence-electron chi connectivity index (χ0n) is 10.1. The van der Waals surface area contributed by atoms with E-state index in [4.69, 9.17) is 9.52 Å². The highest BCUT2D eigenvalue weighted by Crippen LogP contribution is 2.10. The minimum atomic E-state index is -1.04. The summed E-state index contributed by atoms with van der Waals surface area (Å²) in [6.45, 7) is 3.22. The highest BCUT2D eigenvalue weighted by molar-refractivity contribution is 5.86. The summed E-state index contributed by atoms with van der Waals surface area (Å²) >= 11 is 0. The lowest BCUT2D eigenvalue weighted by molar-refractivity contribution is 0.0660. The normalized spacial score (nSPS) is 10.5. The van der Waals surface area contributed by atoms with E-state index in [2.05, 4.69) is 29.6 Å². The first-order valence-electron chi connectivity index (χ1n) is 5.73. The van der Waals surface area contributed by atoms with Crippen molar-refractivity contribution < 1.29 is 14.3 Å². The fraction of sp³-hybridized carbons (Fsp3) is 0.214. The molecule has 0 saturated carbocycles. The van der Waals surface area contributed by atoms with Gasteiger partial charge in [0.25, 0.3) is 0 Å². The lowest BCUT2D eigenvalue weighted by atomic mass is 10.1. The van der Waals surface area contributed by atoms with Gasteiger partial charge in [-0.2, -0.15) is 0 Å². The first-order valence-corrected chi connectivity index (χ1v) is 5.73. The van der Waals surface area contributed by atoms with Gasteiger partial charge in [-0.15, -0.1) is 0 Å². The van der Waals surface area contributed by atoms with Crippen LogP contribution in [-0.2, 0) is 13.1 Å². The van der Waals surface area contributed by atoms with E-state index in [-0.39, 0.29) is 5.76 Å². The molecule has 0 aliphatic carbocycles. The molecule has 0 unspecified atom stereocenters. The second-order valence-corrected chi connectivity index (χ2v) is 4.17. The van der Waals surface area contributed by atoms with E-state index in [1.807, 2.05) is 6.92 Å². The summed E-state index contributed by atoms with van der Waals surface area (Å²) in [5.74, 6) is -1.03. The number of carboxylic acid groups (broad SMARTS) is 1. The minimum Gasteiger partial charge on any atom is -0.475 e. The lowest BCUT2D eigenvalue weighted by Crippen LogP contribution is -2.14. The third-order valence-electron chi connectivity index (χ3n) is 2.71. The maximum Gasteiger partial charge on any atom is 0.372 e. The molecule has 0 radical (unpaired) electrons. The molecule has 1 aromatic heterocycles. The molecule has 1 aromatic carbocycles. The van der Waals surface area contributed by atoms with Gasteiger partial charge in [0.05, 0.1) is 6.26 Å². The Morgan fingerprint density at radius 1 is 1.22 bits per heavy atom. The molecule has 2 rings (SSSR count). The van der Waals surface area contributed by atoms with Crippen LogP contribution in [0.3, 0.4) is 0 Å². The molecule has 0 spiro atoms. The zero-order valence-corrected chi connectivity index (χ0v) is 10.1. The van der Waals surface area contributed by atoms with E-state index < -0.39 is 5.97 Å². The van der Waals surface area contributed by atoms with E-state index in [9.17, 15) is 4.79 Å². The molecule has 0 aliphatic heterocycles. The number of aryl methyl sites for hydroxylation is 1. The van der Waals surface area contributed by atoms with Crippen LogP contribution in [-0.4, -0.2) is 11.1 Å². The largest absolute Gasteiger partial charge is 0.475 e. The van der Waals surface area contributed by atoms with Crippen LogP contribution in [0.15, 0.2) is 41.0 Å². The molecule has 4 heteroatoms. The minimum absolute atomic E-state index is 0.00593. The van der Waals surface area contributed by atoms with Crippen LogP contribution in [0, 0.1) is 6.92 Å². The van der Waals surface area contributed by atoms with Gasteiger partial charge in [-0.25, -0.2) is 4.79 Å². The molecule has 2 aromatic rings. The summed E-state index contributed by atoms with van der Waals surface area (Å²) in [4.78, 5) is 10.8. The van der Waals surface area contributed by atoms with Crippen molar-refractivity contribution in [3.63, 3.8) is 0 Å². The van der Waals surface area contributed by atoms with Crippen LogP contribution >= 0.6 is 0 Å². The maximum absolute atomic E-state index is 10.8. The smallest absolute Gasteiger partial charge is 0.372 e. The first-order chi connectivity index (χ1) is 8.66. The van der Waals surface area contributed by atoms with E-state index in [1.54, 1.807) is 6.07 Å². The van der Waals surface area contributed by atoms with Crippen LogP contribution < -0.4 is 5.32 Å². The quantitative estimate of drug-likeness (QED) is 0.849. The topological polar surface area (TPSA) is 62.5 Å². The second kappa shape index (κ2) is 5.51. The molecular weight excluding hydrogens is 230 g/mol. The van der Waals surface area contributed by atoms with Gasteiger partial charge in [-0.05, 0) is 18.6 Å². The highest BCUT2D eigenvalue weighted by atomic mass is 16.4. The van der Waals surface area contributed by atoms with Crippen molar-refractivity contribution in [2.24, 2.45) is 0 Å². The van der Waals surface area contributed by atoms with E-state index in [0.717, 1.165) is 0 Å². The van der Waals surface area contributed by atoms with Crippen molar-refractivity contribution in [3.05, 3.63) is 59.0 Å². The summed E-state index contributed by atoms with van der Waals surface area (Å²) in [6.07, 6.45) is 1.40. The van der Waals surface area contributed by atoms with E-state index >= 15 is 0 Å². The van der Waals surface area contributed by atoms with Gasteiger partial charge in [0.15, 0.2) is 0 Å². The van der Waals surface area contributed by atoms with Crippen molar-refractivity contribution in [1.29, 1.82) is 0 Å². The summed E-state index contributed by atoms with van der Waals surface area (Å²) in [5.41, 5.74) is 3.05. The number of carbonyl (C=O) groups is 1. The van der Waals surface area contributed by atoms with Gasteiger partial charge < -0.3 is 14.8 Å². The number of furan rings is 1. The standard InChI is InChI=1S/C14H15NO3/c1-10-2-4-11(5-3-10)8-15-9-12-6-7-18-13(12)14(16)17/h2-7,15H,8-9H2,1H3,(H,16,17). The molecule has 0 aliphatic rings. The molecule has 18 heavy (non-hydrogen) atoms. The van der Waals surface area contributed by atoms with Crippen LogP contribution in [0.5, 0.6) is 0 Å². The summed E-state index contributed by atoms with van der Waals surface area (Å²) in [7, 11) is 0. The van der Waals surface area contributed by atoms with Gasteiger partial charge in [-0.1, -0.05) is 29.8 Å². The van der Waals surface area contributed by atoms with Crippen LogP contribution in [0.1, 0.15) is 27.2 Å². The number of carboxylic acids is 1. The Hall–Kier alpha value is -2.07. The fourth-order valence-electron chi connectivity index (χ4n) is 1.71. The molecule has 0 bridgehead atoms. The third-order valence-corrected chi connectivity index (χ3v) is 2.71. The molecule has 2 N–H and O–H groups in total. The number of nitrogens with one attached hydrogen (secondary N) is 1. The van der Waals surface area contributed by atoms with Crippen LogP contribution in [0.25, 0.3) is 0 Å². The van der Waals surface area contributed by atoms with Crippen molar-refractivity contribution in [3.8, 4) is 0 Å². The molecule has 0 saturated heterocycles. The molecule has 0 fully saturated rings. The number of hydrogen-bond acceptors (Lipinski definition) is 3. The Kier molecular flexibility index (Phi) is 3.79. The molecule has 0 amide bonds. The number of benzene rings is 1. The van der Waals surface area contributed by atoms with E-state index in [1.165, 1.54) is 17.4 Å². The van der Waals surface area contributed by atoms with Crippen molar-refractivity contribution in [2.75, 3.05) is 0 Å². The second-order valence-electron chi connectivity index (χ2n) is 4.17. The van der Waals surface area contributed by atoms with Crippen LogP contribution in [0.2, 0.25) is 0 Å². The molecular formula is C14H15NO3. The Morgan fingerprint density at radius 2 is 1.94 bits per heavy atom. The Balaban J connectivity index is 1.90. The molecule has 1 heterocycles. The Bertz CT molecular complexity index is 528. The SMILES string of the molecule is Cc1ccc(CNCc2ccoc2C(=O)O)cc1. The first kappa shape index (κ1) is 12.4. The van der Waals surface area contributed by atoms with Gasteiger partial charge in [0.2, 0.25) is 5.76 Å². The Labute approximate surface area is 105 Å². The maximum atomic E-state index is 10.8. The van der Waals surface area contributed by atoms with Crippen molar-refractivity contribution in [2.45, 2.75) is 20.0 Å². The Morgan fingerprint density at radius 3 is 2.61 bits per heavy atom. The van der Waals surface area contributed by atoms with Crippen molar-refractivity contribution in [1.82, 2.24) is 5.32 Å². The zero-order chi connectivity index (χ0) is 13.0. The number of aromatic carboxylic acids is 1. The number of hydrogen-bond donors (Lipinski definition) is 2. The summed E-state index contributed by atoms with van der Waals surface area (Å²) in [6, 6.07) is 9.88. The summed E-state index contributed by atoms with van der Waals surface area (Å²) < 4.78 is 4.91. The predicted octanol–water partition coefficient (Wildman–Crippen LogP) is 2.58.